The maximum Gasteiger partial charge on any atom is 0.261 e. The molecule has 0 aromatic heterocycles. The van der Waals surface area contributed by atoms with Gasteiger partial charge in [0.05, 0.1) is 12.7 Å². The molecule has 0 bridgehead atoms. The standard InChI is InChI=1S/C26H36O2Si/c1-21(2)17-18-25(27)22(3)19-20-28-29(26(4,5)6,23-13-9-7-10-14-23)24-15-11-8-12-16-24/h7-17,19,25,27H,18,20H2,1-6H3/b22-19+/t25-/m1/s1. The maximum absolute atomic E-state index is 10.4. The zero-order chi connectivity index (χ0) is 21.5. The molecule has 0 aliphatic heterocycles. The highest BCUT2D eigenvalue weighted by molar-refractivity contribution is 6.99. The first kappa shape index (κ1) is 23.3. The minimum absolute atomic E-state index is 0.0435. The fourth-order valence-electron chi connectivity index (χ4n) is 3.73. The Hall–Kier alpha value is -1.94. The molecule has 3 heteroatoms. The molecule has 0 unspecified atom stereocenters. The van der Waals surface area contributed by atoms with Crippen LogP contribution in [-0.2, 0) is 4.43 Å². The van der Waals surface area contributed by atoms with E-state index in [4.69, 9.17) is 4.43 Å². The second kappa shape index (κ2) is 10.2. The van der Waals surface area contributed by atoms with Gasteiger partial charge in [-0.2, -0.15) is 0 Å². The highest BCUT2D eigenvalue weighted by Crippen LogP contribution is 2.36. The van der Waals surface area contributed by atoms with E-state index >= 15 is 0 Å². The zero-order valence-corrected chi connectivity index (χ0v) is 19.8. The quantitative estimate of drug-likeness (QED) is 0.479. The van der Waals surface area contributed by atoms with Crippen molar-refractivity contribution in [3.63, 3.8) is 0 Å². The van der Waals surface area contributed by atoms with Crippen molar-refractivity contribution in [1.29, 1.82) is 0 Å². The highest BCUT2D eigenvalue weighted by atomic mass is 28.4. The van der Waals surface area contributed by atoms with Gasteiger partial charge in [-0.15, -0.1) is 0 Å². The molecule has 0 saturated carbocycles. The molecule has 29 heavy (non-hydrogen) atoms. The van der Waals surface area contributed by atoms with Crippen molar-refractivity contribution in [1.82, 2.24) is 0 Å². The van der Waals surface area contributed by atoms with E-state index in [1.807, 2.05) is 13.0 Å². The van der Waals surface area contributed by atoms with Crippen LogP contribution in [0.3, 0.4) is 0 Å². The lowest BCUT2D eigenvalue weighted by molar-refractivity contribution is 0.212. The largest absolute Gasteiger partial charge is 0.404 e. The van der Waals surface area contributed by atoms with Crippen molar-refractivity contribution in [2.45, 2.75) is 59.1 Å². The number of allylic oxidation sites excluding steroid dienone is 1. The van der Waals surface area contributed by atoms with Gasteiger partial charge in [0.15, 0.2) is 0 Å². The summed E-state index contributed by atoms with van der Waals surface area (Å²) in [6.07, 6.45) is 4.30. The summed E-state index contributed by atoms with van der Waals surface area (Å²) in [5.74, 6) is 0. The maximum atomic E-state index is 10.4. The fourth-order valence-corrected chi connectivity index (χ4v) is 8.22. The molecule has 0 radical (unpaired) electrons. The molecule has 0 amide bonds. The molecule has 0 saturated heterocycles. The van der Waals surface area contributed by atoms with Crippen molar-refractivity contribution < 1.29 is 9.53 Å². The van der Waals surface area contributed by atoms with Gasteiger partial charge in [0, 0.05) is 0 Å². The lowest BCUT2D eigenvalue weighted by Crippen LogP contribution is -2.66. The van der Waals surface area contributed by atoms with Crippen LogP contribution < -0.4 is 10.4 Å². The van der Waals surface area contributed by atoms with Crippen LogP contribution in [0, 0.1) is 0 Å². The minimum atomic E-state index is -2.53. The van der Waals surface area contributed by atoms with Crippen molar-refractivity contribution in [3.05, 3.63) is 84.0 Å². The number of aliphatic hydroxyl groups excluding tert-OH is 1. The summed E-state index contributed by atoms with van der Waals surface area (Å²) in [6, 6.07) is 21.3. The van der Waals surface area contributed by atoms with Crippen LogP contribution in [0.25, 0.3) is 0 Å². The third kappa shape index (κ3) is 5.78. The summed E-state index contributed by atoms with van der Waals surface area (Å²) in [5, 5.41) is 12.9. The van der Waals surface area contributed by atoms with Gasteiger partial charge in [0.1, 0.15) is 0 Å². The molecular weight excluding hydrogens is 372 g/mol. The van der Waals surface area contributed by atoms with E-state index in [1.165, 1.54) is 15.9 Å². The predicted molar refractivity (Wildman–Crippen MR) is 127 cm³/mol. The van der Waals surface area contributed by atoms with Crippen molar-refractivity contribution in [2.24, 2.45) is 0 Å². The molecule has 0 spiro atoms. The summed E-state index contributed by atoms with van der Waals surface area (Å²) in [5.41, 5.74) is 2.18. The highest BCUT2D eigenvalue weighted by Gasteiger charge is 2.49. The SMILES string of the molecule is CC(C)=CC[C@@H](O)/C(C)=C/CO[Si](c1ccccc1)(c1ccccc1)C(C)(C)C. The van der Waals surface area contributed by atoms with Gasteiger partial charge in [-0.1, -0.05) is 99.2 Å². The summed E-state index contributed by atoms with van der Waals surface area (Å²) in [4.78, 5) is 0. The van der Waals surface area contributed by atoms with Crippen LogP contribution in [0.5, 0.6) is 0 Å². The van der Waals surface area contributed by atoms with Crippen molar-refractivity contribution >= 4 is 18.7 Å². The molecule has 0 aliphatic rings. The van der Waals surface area contributed by atoms with Crippen LogP contribution in [0.2, 0.25) is 5.04 Å². The first-order valence-corrected chi connectivity index (χ1v) is 12.3. The minimum Gasteiger partial charge on any atom is -0.404 e. The molecule has 2 nitrogen and oxygen atoms in total. The topological polar surface area (TPSA) is 29.5 Å². The summed E-state index contributed by atoms with van der Waals surface area (Å²) in [6.45, 7) is 13.4. The number of aliphatic hydroxyl groups is 1. The van der Waals surface area contributed by atoms with Crippen LogP contribution in [0.1, 0.15) is 48.0 Å². The Morgan fingerprint density at radius 1 is 0.897 bits per heavy atom. The molecular formula is C26H36O2Si. The van der Waals surface area contributed by atoms with Gasteiger partial charge in [0.25, 0.3) is 8.32 Å². The van der Waals surface area contributed by atoms with E-state index in [0.29, 0.717) is 13.0 Å². The van der Waals surface area contributed by atoms with Crippen LogP contribution in [-0.4, -0.2) is 26.1 Å². The Bertz CT molecular complexity index is 773. The number of hydrogen-bond donors (Lipinski definition) is 1. The second-order valence-corrected chi connectivity index (χ2v) is 13.3. The molecule has 0 fully saturated rings. The third-order valence-corrected chi connectivity index (χ3v) is 10.4. The average molecular weight is 409 g/mol. The van der Waals surface area contributed by atoms with E-state index in [9.17, 15) is 5.11 Å². The van der Waals surface area contributed by atoms with Crippen LogP contribution in [0.15, 0.2) is 84.0 Å². The first-order valence-electron chi connectivity index (χ1n) is 10.4. The van der Waals surface area contributed by atoms with Gasteiger partial charge in [-0.25, -0.2) is 0 Å². The second-order valence-electron chi connectivity index (χ2n) is 8.96. The summed E-state index contributed by atoms with van der Waals surface area (Å²) >= 11 is 0. The smallest absolute Gasteiger partial charge is 0.261 e. The van der Waals surface area contributed by atoms with Gasteiger partial charge in [0.2, 0.25) is 0 Å². The van der Waals surface area contributed by atoms with E-state index in [2.05, 4.69) is 101 Å². The molecule has 2 aromatic carbocycles. The zero-order valence-electron chi connectivity index (χ0n) is 18.8. The lowest BCUT2D eigenvalue weighted by atomic mass is 10.1. The van der Waals surface area contributed by atoms with Crippen LogP contribution in [0.4, 0.5) is 0 Å². The normalized spacial score (nSPS) is 13.8. The van der Waals surface area contributed by atoms with Gasteiger partial charge < -0.3 is 9.53 Å². The Kier molecular flexibility index (Phi) is 8.20. The molecule has 0 aliphatic carbocycles. The molecule has 2 aromatic rings. The Balaban J connectivity index is 2.39. The Labute approximate surface area is 178 Å². The van der Waals surface area contributed by atoms with E-state index in [1.54, 1.807) is 0 Å². The first-order chi connectivity index (χ1) is 13.7. The monoisotopic (exact) mass is 408 g/mol. The third-order valence-electron chi connectivity index (χ3n) is 5.40. The molecule has 1 N–H and O–H groups in total. The summed E-state index contributed by atoms with van der Waals surface area (Å²) in [7, 11) is -2.53. The molecule has 2 rings (SSSR count). The molecule has 1 atom stereocenters. The fraction of sp³-hybridized carbons (Fsp3) is 0.385. The van der Waals surface area contributed by atoms with E-state index < -0.39 is 14.4 Å². The van der Waals surface area contributed by atoms with E-state index in [-0.39, 0.29) is 5.04 Å². The average Bonchev–Trinajstić information content (AvgIpc) is 2.69. The van der Waals surface area contributed by atoms with Gasteiger partial charge in [-0.05, 0) is 48.2 Å². The van der Waals surface area contributed by atoms with Crippen molar-refractivity contribution in [3.8, 4) is 0 Å². The predicted octanol–water partition coefficient (Wildman–Crippen LogP) is 5.23. The lowest BCUT2D eigenvalue weighted by Gasteiger charge is -2.42. The number of benzene rings is 2. The molecule has 156 valence electrons. The molecule has 0 heterocycles. The summed E-state index contributed by atoms with van der Waals surface area (Å²) < 4.78 is 6.85. The van der Waals surface area contributed by atoms with Crippen molar-refractivity contribution in [2.75, 3.05) is 6.61 Å². The van der Waals surface area contributed by atoms with E-state index in [0.717, 1.165) is 5.57 Å². The van der Waals surface area contributed by atoms with Crippen LogP contribution >= 0.6 is 0 Å². The number of rotatable bonds is 8. The number of hydrogen-bond acceptors (Lipinski definition) is 2. The van der Waals surface area contributed by atoms with Gasteiger partial charge >= 0.3 is 0 Å². The Morgan fingerprint density at radius 3 is 1.79 bits per heavy atom. The van der Waals surface area contributed by atoms with Gasteiger partial charge in [-0.3, -0.25) is 0 Å². The Morgan fingerprint density at radius 2 is 1.38 bits per heavy atom.